The lowest BCUT2D eigenvalue weighted by atomic mass is 9.84. The van der Waals surface area contributed by atoms with Crippen molar-refractivity contribution in [3.8, 4) is 0 Å². The average molecular weight is 237 g/mol. The van der Waals surface area contributed by atoms with Crippen LogP contribution in [-0.4, -0.2) is 13.1 Å². The molecule has 0 saturated heterocycles. The van der Waals surface area contributed by atoms with E-state index in [0.717, 1.165) is 17.8 Å². The summed E-state index contributed by atoms with van der Waals surface area (Å²) >= 11 is 0. The van der Waals surface area contributed by atoms with Crippen LogP contribution in [0.15, 0.2) is 12.7 Å². The van der Waals surface area contributed by atoms with E-state index in [1.54, 1.807) is 0 Å². The lowest BCUT2D eigenvalue weighted by Gasteiger charge is -2.25. The van der Waals surface area contributed by atoms with E-state index in [0.29, 0.717) is 0 Å². The summed E-state index contributed by atoms with van der Waals surface area (Å²) in [6.07, 6.45) is 11.9. The number of hydrogen-bond donors (Lipinski definition) is 1. The van der Waals surface area contributed by atoms with Crippen molar-refractivity contribution < 1.29 is 0 Å². The third-order valence-electron chi connectivity index (χ3n) is 4.02. The molecule has 0 radical (unpaired) electrons. The highest BCUT2D eigenvalue weighted by atomic mass is 14.9. The van der Waals surface area contributed by atoms with E-state index in [-0.39, 0.29) is 0 Å². The van der Waals surface area contributed by atoms with Gasteiger partial charge in [0.15, 0.2) is 0 Å². The second kappa shape index (κ2) is 8.74. The predicted octanol–water partition coefficient (Wildman–Crippen LogP) is 4.39. The largest absolute Gasteiger partial charge is 0.316 e. The first kappa shape index (κ1) is 14.8. The molecule has 0 spiro atoms. The van der Waals surface area contributed by atoms with Gasteiger partial charge in [-0.3, -0.25) is 0 Å². The molecule has 1 heteroatoms. The van der Waals surface area contributed by atoms with Crippen LogP contribution in [0.3, 0.4) is 0 Å². The van der Waals surface area contributed by atoms with Crippen molar-refractivity contribution in [1.82, 2.24) is 5.32 Å². The standard InChI is InChI=1S/C16H31N/c1-4-5-9-15-10-7-6-8-11-16(15)13-17-12-14(2)3/h4,14-17H,1,5-13H2,2-3H3. The van der Waals surface area contributed by atoms with Crippen molar-refractivity contribution in [2.24, 2.45) is 17.8 Å². The molecular formula is C16H31N. The quantitative estimate of drug-likeness (QED) is 0.511. The highest BCUT2D eigenvalue weighted by molar-refractivity contribution is 4.79. The van der Waals surface area contributed by atoms with Crippen LogP contribution < -0.4 is 5.32 Å². The molecule has 1 fully saturated rings. The maximum Gasteiger partial charge on any atom is -0.00178 e. The molecule has 1 aliphatic rings. The summed E-state index contributed by atoms with van der Waals surface area (Å²) in [5.74, 6) is 2.62. The third-order valence-corrected chi connectivity index (χ3v) is 4.02. The summed E-state index contributed by atoms with van der Waals surface area (Å²) in [6, 6.07) is 0. The second-order valence-electron chi connectivity index (χ2n) is 6.08. The fourth-order valence-corrected chi connectivity index (χ4v) is 3.00. The third kappa shape index (κ3) is 6.26. The van der Waals surface area contributed by atoms with Gasteiger partial charge < -0.3 is 5.32 Å². The van der Waals surface area contributed by atoms with E-state index in [9.17, 15) is 0 Å². The Hall–Kier alpha value is -0.300. The van der Waals surface area contributed by atoms with E-state index in [1.807, 2.05) is 0 Å². The Morgan fingerprint density at radius 2 is 1.88 bits per heavy atom. The van der Waals surface area contributed by atoms with Crippen molar-refractivity contribution in [3.05, 3.63) is 12.7 Å². The number of allylic oxidation sites excluding steroid dienone is 1. The zero-order chi connectivity index (χ0) is 12.5. The van der Waals surface area contributed by atoms with Gasteiger partial charge in [-0.2, -0.15) is 0 Å². The Morgan fingerprint density at radius 1 is 1.18 bits per heavy atom. The van der Waals surface area contributed by atoms with Gasteiger partial charge in [-0.05, 0) is 50.1 Å². The van der Waals surface area contributed by atoms with Gasteiger partial charge in [0.05, 0.1) is 0 Å². The maximum atomic E-state index is 3.86. The van der Waals surface area contributed by atoms with Crippen LogP contribution in [0.5, 0.6) is 0 Å². The van der Waals surface area contributed by atoms with Crippen molar-refractivity contribution in [3.63, 3.8) is 0 Å². The van der Waals surface area contributed by atoms with Crippen LogP contribution >= 0.6 is 0 Å². The van der Waals surface area contributed by atoms with Gasteiger partial charge in [0.1, 0.15) is 0 Å². The topological polar surface area (TPSA) is 12.0 Å². The summed E-state index contributed by atoms with van der Waals surface area (Å²) in [4.78, 5) is 0. The number of hydrogen-bond acceptors (Lipinski definition) is 1. The van der Waals surface area contributed by atoms with Gasteiger partial charge in [-0.25, -0.2) is 0 Å². The van der Waals surface area contributed by atoms with Crippen molar-refractivity contribution in [2.45, 2.75) is 58.8 Å². The normalized spacial score (nSPS) is 25.8. The monoisotopic (exact) mass is 237 g/mol. The smallest absolute Gasteiger partial charge is 0.00178 e. The SMILES string of the molecule is C=CCCC1CCCCCC1CNCC(C)C. The summed E-state index contributed by atoms with van der Waals surface area (Å²) in [5, 5.41) is 3.66. The Balaban J connectivity index is 2.35. The first-order valence-electron chi connectivity index (χ1n) is 7.55. The van der Waals surface area contributed by atoms with Crippen LogP contribution in [-0.2, 0) is 0 Å². The molecule has 100 valence electrons. The summed E-state index contributed by atoms with van der Waals surface area (Å²) in [6.45, 7) is 10.8. The molecule has 17 heavy (non-hydrogen) atoms. The lowest BCUT2D eigenvalue weighted by molar-refractivity contribution is 0.281. The molecule has 1 rings (SSSR count). The van der Waals surface area contributed by atoms with Gasteiger partial charge in [0.25, 0.3) is 0 Å². The molecule has 0 amide bonds. The zero-order valence-corrected chi connectivity index (χ0v) is 11.9. The molecule has 0 bridgehead atoms. The molecule has 0 aromatic rings. The molecule has 0 aromatic carbocycles. The van der Waals surface area contributed by atoms with E-state index in [2.05, 4.69) is 31.8 Å². The van der Waals surface area contributed by atoms with E-state index in [4.69, 9.17) is 0 Å². The second-order valence-corrected chi connectivity index (χ2v) is 6.08. The van der Waals surface area contributed by atoms with Crippen molar-refractivity contribution >= 4 is 0 Å². The molecule has 1 nitrogen and oxygen atoms in total. The molecule has 0 aromatic heterocycles. The van der Waals surface area contributed by atoms with Crippen LogP contribution in [0.4, 0.5) is 0 Å². The van der Waals surface area contributed by atoms with Crippen molar-refractivity contribution in [2.75, 3.05) is 13.1 Å². The molecule has 1 aliphatic carbocycles. The van der Waals surface area contributed by atoms with Gasteiger partial charge in [-0.15, -0.1) is 6.58 Å². The van der Waals surface area contributed by atoms with Crippen LogP contribution in [0, 0.1) is 17.8 Å². The van der Waals surface area contributed by atoms with Gasteiger partial charge in [0.2, 0.25) is 0 Å². The van der Waals surface area contributed by atoms with Gasteiger partial charge >= 0.3 is 0 Å². The molecule has 0 heterocycles. The van der Waals surface area contributed by atoms with Gasteiger partial charge in [-0.1, -0.05) is 45.6 Å². The predicted molar refractivity (Wildman–Crippen MR) is 77.2 cm³/mol. The highest BCUT2D eigenvalue weighted by Gasteiger charge is 2.22. The summed E-state index contributed by atoms with van der Waals surface area (Å²) in [5.41, 5.74) is 0. The lowest BCUT2D eigenvalue weighted by Crippen LogP contribution is -2.30. The molecular weight excluding hydrogens is 206 g/mol. The average Bonchev–Trinajstić information content (AvgIpc) is 2.51. The Bertz CT molecular complexity index is 198. The maximum absolute atomic E-state index is 3.86. The van der Waals surface area contributed by atoms with E-state index in [1.165, 1.54) is 58.0 Å². The fraction of sp³-hybridized carbons (Fsp3) is 0.875. The number of nitrogens with one attached hydrogen (secondary N) is 1. The Morgan fingerprint density at radius 3 is 2.53 bits per heavy atom. The van der Waals surface area contributed by atoms with Crippen molar-refractivity contribution in [1.29, 1.82) is 0 Å². The molecule has 1 N–H and O–H groups in total. The minimum Gasteiger partial charge on any atom is -0.316 e. The Kier molecular flexibility index (Phi) is 7.59. The van der Waals surface area contributed by atoms with Gasteiger partial charge in [0, 0.05) is 0 Å². The fourth-order valence-electron chi connectivity index (χ4n) is 3.00. The molecule has 1 saturated carbocycles. The minimum absolute atomic E-state index is 0.771. The van der Waals surface area contributed by atoms with E-state index >= 15 is 0 Å². The highest BCUT2D eigenvalue weighted by Crippen LogP contribution is 2.31. The van der Waals surface area contributed by atoms with Crippen LogP contribution in [0.1, 0.15) is 58.8 Å². The van der Waals surface area contributed by atoms with Crippen LogP contribution in [0.2, 0.25) is 0 Å². The molecule has 2 unspecified atom stereocenters. The van der Waals surface area contributed by atoms with Crippen LogP contribution in [0.25, 0.3) is 0 Å². The summed E-state index contributed by atoms with van der Waals surface area (Å²) in [7, 11) is 0. The minimum atomic E-state index is 0.771. The first-order chi connectivity index (χ1) is 8.24. The molecule has 0 aliphatic heterocycles. The zero-order valence-electron chi connectivity index (χ0n) is 11.9. The number of rotatable bonds is 7. The first-order valence-corrected chi connectivity index (χ1v) is 7.55. The Labute approximate surface area is 108 Å². The van der Waals surface area contributed by atoms with E-state index < -0.39 is 0 Å². The summed E-state index contributed by atoms with van der Waals surface area (Å²) < 4.78 is 0. The molecule has 2 atom stereocenters.